The van der Waals surface area contributed by atoms with E-state index in [9.17, 15) is 9.36 Å². The van der Waals surface area contributed by atoms with Crippen molar-refractivity contribution < 1.29 is 28.7 Å². The largest absolute Gasteiger partial charge is 0.367 e. The number of hydrogen-bond donors (Lipinski definition) is 3. The van der Waals surface area contributed by atoms with Gasteiger partial charge in [0.05, 0.1) is 19.5 Å². The van der Waals surface area contributed by atoms with Crippen molar-refractivity contribution in [1.29, 1.82) is 0 Å². The van der Waals surface area contributed by atoms with Crippen LogP contribution in [0.25, 0.3) is 11.2 Å². The summed E-state index contributed by atoms with van der Waals surface area (Å²) in [6, 6.07) is 0. The highest BCUT2D eigenvalue weighted by atomic mass is 31.2. The van der Waals surface area contributed by atoms with E-state index in [4.69, 9.17) is 19.4 Å². The maximum absolute atomic E-state index is 12.3. The zero-order valence-electron chi connectivity index (χ0n) is 15.8. The average Bonchev–Trinajstić information content (AvgIpc) is 3.07. The Morgan fingerprint density at radius 3 is 2.71 bits per heavy atom. The molecule has 1 amide bonds. The third kappa shape index (κ3) is 7.25. The van der Waals surface area contributed by atoms with Crippen LogP contribution in [0.2, 0.25) is 0 Å². The molecular weight excluding hydrogens is 389 g/mol. The highest BCUT2D eigenvalue weighted by molar-refractivity contribution is 7.51. The second kappa shape index (κ2) is 11.2. The minimum atomic E-state index is -4.20. The number of carbonyl (C=O) groups is 1. The lowest BCUT2D eigenvalue weighted by Gasteiger charge is -2.07. The Morgan fingerprint density at radius 1 is 1.18 bits per heavy atom. The molecule has 0 saturated carbocycles. The number of carbonyl (C=O) groups excluding carboxylic acids is 1. The van der Waals surface area contributed by atoms with Crippen LogP contribution in [0.3, 0.4) is 0 Å². The topological polar surface area (TPSA) is 149 Å². The first-order valence-electron chi connectivity index (χ1n) is 9.12. The van der Waals surface area contributed by atoms with Crippen molar-refractivity contribution in [2.75, 3.05) is 19.6 Å². The van der Waals surface area contributed by atoms with Crippen molar-refractivity contribution in [2.24, 2.45) is 0 Å². The van der Waals surface area contributed by atoms with E-state index in [1.807, 2.05) is 0 Å². The minimum absolute atomic E-state index is 0.0588. The monoisotopic (exact) mass is 415 g/mol. The Kier molecular flexibility index (Phi) is 8.94. The SMILES string of the molecule is CCCCCCCONC(=O)c1ncnc2c1ncn2CCOCP(=O)(O)O. The molecule has 11 nitrogen and oxygen atoms in total. The van der Waals surface area contributed by atoms with Crippen molar-refractivity contribution in [1.82, 2.24) is 25.0 Å². The van der Waals surface area contributed by atoms with Gasteiger partial charge >= 0.3 is 7.60 Å². The van der Waals surface area contributed by atoms with Crippen molar-refractivity contribution in [3.63, 3.8) is 0 Å². The number of ether oxygens (including phenoxy) is 1. The van der Waals surface area contributed by atoms with Gasteiger partial charge in [0, 0.05) is 6.54 Å². The van der Waals surface area contributed by atoms with E-state index in [0.717, 1.165) is 19.3 Å². The molecule has 0 radical (unpaired) electrons. The summed E-state index contributed by atoms with van der Waals surface area (Å²) in [7, 11) is -4.20. The molecule has 0 saturated heterocycles. The van der Waals surface area contributed by atoms with Crippen LogP contribution < -0.4 is 5.48 Å². The maximum atomic E-state index is 12.3. The van der Waals surface area contributed by atoms with Crippen LogP contribution in [0.5, 0.6) is 0 Å². The lowest BCUT2D eigenvalue weighted by atomic mass is 10.2. The van der Waals surface area contributed by atoms with Crippen molar-refractivity contribution in [3.8, 4) is 0 Å². The highest BCUT2D eigenvalue weighted by Crippen LogP contribution is 2.33. The number of imidazole rings is 1. The molecule has 0 aliphatic heterocycles. The quantitative estimate of drug-likeness (QED) is 0.252. The molecule has 2 aromatic heterocycles. The molecule has 3 N–H and O–H groups in total. The van der Waals surface area contributed by atoms with Gasteiger partial charge in [-0.15, -0.1) is 0 Å². The molecule has 12 heteroatoms. The smallest absolute Gasteiger partial charge is 0.350 e. The number of hydroxylamine groups is 1. The van der Waals surface area contributed by atoms with E-state index in [0.29, 0.717) is 17.8 Å². The van der Waals surface area contributed by atoms with Crippen LogP contribution in [0.1, 0.15) is 49.5 Å². The lowest BCUT2D eigenvalue weighted by Crippen LogP contribution is -2.25. The summed E-state index contributed by atoms with van der Waals surface area (Å²) in [5, 5.41) is 0. The van der Waals surface area contributed by atoms with Gasteiger partial charge in [-0.05, 0) is 6.42 Å². The van der Waals surface area contributed by atoms with Gasteiger partial charge in [-0.1, -0.05) is 32.6 Å². The van der Waals surface area contributed by atoms with Crippen molar-refractivity contribution >= 4 is 24.7 Å². The summed E-state index contributed by atoms with van der Waals surface area (Å²) in [6.45, 7) is 2.90. The van der Waals surface area contributed by atoms with Crippen LogP contribution in [-0.4, -0.2) is 54.8 Å². The predicted molar refractivity (Wildman–Crippen MR) is 100 cm³/mol. The summed E-state index contributed by atoms with van der Waals surface area (Å²) < 4.78 is 17.3. The van der Waals surface area contributed by atoms with Crippen molar-refractivity contribution in [3.05, 3.63) is 18.3 Å². The van der Waals surface area contributed by atoms with Gasteiger partial charge in [0.2, 0.25) is 0 Å². The Balaban J connectivity index is 1.87. The maximum Gasteiger partial charge on any atom is 0.350 e. The van der Waals surface area contributed by atoms with Gasteiger partial charge in [-0.25, -0.2) is 20.4 Å². The van der Waals surface area contributed by atoms with Gasteiger partial charge in [-0.2, -0.15) is 0 Å². The van der Waals surface area contributed by atoms with Crippen LogP contribution in [0, 0.1) is 0 Å². The standard InChI is InChI=1S/C16H26N5O6P/c1-2-3-4-5-6-8-27-20-16(22)14-13-15(18-10-17-14)21(11-19-13)7-9-26-12-28(23,24)25/h10-11H,2-9,12H2,1H3,(H,20,22)(H2,23,24,25). The molecule has 0 bridgehead atoms. The molecule has 0 aromatic carbocycles. The molecule has 156 valence electrons. The molecule has 2 aromatic rings. The molecule has 0 aliphatic rings. The third-order valence-electron chi connectivity index (χ3n) is 3.87. The highest BCUT2D eigenvalue weighted by Gasteiger charge is 2.17. The Bertz CT molecular complexity index is 808. The Hall–Kier alpha value is -1.91. The number of fused-ring (bicyclic) bond motifs is 1. The summed E-state index contributed by atoms with van der Waals surface area (Å²) in [5.41, 5.74) is 3.18. The van der Waals surface area contributed by atoms with Crippen LogP contribution in [0.15, 0.2) is 12.7 Å². The normalized spacial score (nSPS) is 11.8. The van der Waals surface area contributed by atoms with Crippen LogP contribution in [0.4, 0.5) is 0 Å². The number of rotatable bonds is 13. The van der Waals surface area contributed by atoms with Gasteiger partial charge in [0.1, 0.15) is 18.2 Å². The molecule has 2 rings (SSSR count). The van der Waals surface area contributed by atoms with E-state index < -0.39 is 19.9 Å². The number of aromatic nitrogens is 4. The van der Waals surface area contributed by atoms with Crippen LogP contribution in [-0.2, 0) is 20.7 Å². The number of unbranched alkanes of at least 4 members (excludes halogenated alkanes) is 4. The van der Waals surface area contributed by atoms with E-state index in [2.05, 4.69) is 27.4 Å². The second-order valence-electron chi connectivity index (χ2n) is 6.23. The molecular formula is C16H26N5O6P. The first kappa shape index (κ1) is 22.4. The molecule has 0 aliphatic carbocycles. The summed E-state index contributed by atoms with van der Waals surface area (Å²) in [6.07, 6.45) is 7.48. The number of nitrogens with zero attached hydrogens (tertiary/aromatic N) is 4. The predicted octanol–water partition coefficient (Wildman–Crippen LogP) is 1.61. The lowest BCUT2D eigenvalue weighted by molar-refractivity contribution is 0.0294. The molecule has 0 unspecified atom stereocenters. The van der Waals surface area contributed by atoms with E-state index >= 15 is 0 Å². The third-order valence-corrected chi connectivity index (χ3v) is 4.39. The fraction of sp³-hybridized carbons (Fsp3) is 0.625. The molecule has 28 heavy (non-hydrogen) atoms. The summed E-state index contributed by atoms with van der Waals surface area (Å²) in [5.74, 6) is -0.510. The van der Waals surface area contributed by atoms with Gasteiger partial charge < -0.3 is 19.1 Å². The average molecular weight is 415 g/mol. The summed E-state index contributed by atoms with van der Waals surface area (Å²) in [4.78, 5) is 47.3. The van der Waals surface area contributed by atoms with Gasteiger partial charge in [-0.3, -0.25) is 14.2 Å². The van der Waals surface area contributed by atoms with Crippen molar-refractivity contribution in [2.45, 2.75) is 45.6 Å². The number of hydrogen-bond acceptors (Lipinski definition) is 7. The molecule has 0 spiro atoms. The number of amides is 1. The van der Waals surface area contributed by atoms with E-state index in [1.165, 1.54) is 25.5 Å². The zero-order valence-corrected chi connectivity index (χ0v) is 16.7. The van der Waals surface area contributed by atoms with E-state index in [1.54, 1.807) is 4.57 Å². The van der Waals surface area contributed by atoms with Gasteiger partial charge in [0.15, 0.2) is 11.3 Å². The van der Waals surface area contributed by atoms with Gasteiger partial charge in [0.25, 0.3) is 5.91 Å². The Labute approximate surface area is 162 Å². The van der Waals surface area contributed by atoms with Crippen LogP contribution >= 0.6 is 7.60 Å². The van der Waals surface area contributed by atoms with E-state index in [-0.39, 0.29) is 18.8 Å². The molecule has 0 fully saturated rings. The minimum Gasteiger partial charge on any atom is -0.367 e. The Morgan fingerprint density at radius 2 is 1.96 bits per heavy atom. The summed E-state index contributed by atoms with van der Waals surface area (Å²) >= 11 is 0. The fourth-order valence-electron chi connectivity index (χ4n) is 2.50. The fourth-order valence-corrected chi connectivity index (χ4v) is 2.87. The zero-order chi connectivity index (χ0) is 20.4. The number of nitrogens with one attached hydrogen (secondary N) is 1. The second-order valence-corrected chi connectivity index (χ2v) is 7.82. The molecule has 2 heterocycles. The first-order chi connectivity index (χ1) is 13.4. The molecule has 0 atom stereocenters. The first-order valence-corrected chi connectivity index (χ1v) is 10.9.